The van der Waals surface area contributed by atoms with Crippen molar-refractivity contribution in [3.63, 3.8) is 0 Å². The van der Waals surface area contributed by atoms with Crippen molar-refractivity contribution in [1.29, 1.82) is 0 Å². The predicted molar refractivity (Wildman–Crippen MR) is 92.4 cm³/mol. The first-order chi connectivity index (χ1) is 12.4. The first-order valence-electron chi connectivity index (χ1n) is 8.92. The monoisotopic (exact) mass is 381 g/mol. The van der Waals surface area contributed by atoms with Crippen molar-refractivity contribution < 1.29 is 22.7 Å². The Balaban J connectivity index is 1.44. The molecule has 0 unspecified atom stereocenters. The molecule has 3 saturated heterocycles. The highest BCUT2D eigenvalue weighted by Gasteiger charge is 2.63. The summed E-state index contributed by atoms with van der Waals surface area (Å²) in [6.07, 6.45) is 2.88. The molecule has 0 N–H and O–H groups in total. The van der Waals surface area contributed by atoms with Crippen LogP contribution in [-0.4, -0.2) is 72.6 Å². The van der Waals surface area contributed by atoms with E-state index < -0.39 is 14.6 Å². The maximum atomic E-state index is 12.7. The molecule has 3 aliphatic rings. The van der Waals surface area contributed by atoms with Crippen LogP contribution in [0.4, 0.5) is 0 Å². The average Bonchev–Trinajstić information content (AvgIpc) is 3.17. The zero-order valence-electron chi connectivity index (χ0n) is 14.8. The van der Waals surface area contributed by atoms with Crippen LogP contribution in [-0.2, 0) is 19.4 Å². The van der Waals surface area contributed by atoms with Crippen LogP contribution in [0.3, 0.4) is 0 Å². The Hall–Kier alpha value is -1.74. The molecule has 0 radical (unpaired) electrons. The predicted octanol–water partition coefficient (Wildman–Crippen LogP) is 0.216. The molecule has 4 rings (SSSR count). The van der Waals surface area contributed by atoms with Gasteiger partial charge in [-0.3, -0.25) is 4.79 Å². The number of carbonyl (C=O) groups is 1. The molecule has 9 heteroatoms. The lowest BCUT2D eigenvalue weighted by molar-refractivity contribution is -0.142. The van der Waals surface area contributed by atoms with Crippen LogP contribution in [0, 0.1) is 18.8 Å². The molecular formula is C17H23N3O5S. The lowest BCUT2D eigenvalue weighted by Gasteiger charge is -2.50. The van der Waals surface area contributed by atoms with E-state index in [1.54, 1.807) is 17.2 Å². The van der Waals surface area contributed by atoms with Gasteiger partial charge in [-0.15, -0.1) is 0 Å². The summed E-state index contributed by atoms with van der Waals surface area (Å²) >= 11 is 0. The summed E-state index contributed by atoms with van der Waals surface area (Å²) in [5.74, 6) is -0.131. The fourth-order valence-corrected chi connectivity index (χ4v) is 6.52. The van der Waals surface area contributed by atoms with Crippen LogP contribution < -0.4 is 4.74 Å². The SMILES string of the molecule is Cc1ccnc(OC[C@H]2CCS(=O)(=O)C23CN(C(=O)[C@H]2CCOC2)C3)n1. The van der Waals surface area contributed by atoms with Crippen molar-refractivity contribution in [3.05, 3.63) is 18.0 Å². The van der Waals surface area contributed by atoms with Crippen LogP contribution in [0.1, 0.15) is 18.5 Å². The van der Waals surface area contributed by atoms with Gasteiger partial charge >= 0.3 is 6.01 Å². The average molecular weight is 381 g/mol. The highest BCUT2D eigenvalue weighted by Crippen LogP contribution is 2.45. The molecule has 1 aromatic rings. The number of carbonyl (C=O) groups excluding carboxylic acids is 1. The van der Waals surface area contributed by atoms with Crippen molar-refractivity contribution in [2.45, 2.75) is 24.5 Å². The van der Waals surface area contributed by atoms with E-state index in [1.165, 1.54) is 0 Å². The van der Waals surface area contributed by atoms with Crippen LogP contribution in [0.2, 0.25) is 0 Å². The van der Waals surface area contributed by atoms with Gasteiger partial charge in [0, 0.05) is 37.5 Å². The molecule has 3 fully saturated rings. The first-order valence-corrected chi connectivity index (χ1v) is 10.6. The van der Waals surface area contributed by atoms with E-state index in [4.69, 9.17) is 9.47 Å². The van der Waals surface area contributed by atoms with Crippen molar-refractivity contribution >= 4 is 15.7 Å². The van der Waals surface area contributed by atoms with Gasteiger partial charge in [0.2, 0.25) is 5.91 Å². The van der Waals surface area contributed by atoms with Crippen LogP contribution >= 0.6 is 0 Å². The van der Waals surface area contributed by atoms with Crippen molar-refractivity contribution in [1.82, 2.24) is 14.9 Å². The van der Waals surface area contributed by atoms with E-state index in [9.17, 15) is 13.2 Å². The number of aromatic nitrogens is 2. The second-order valence-electron chi connectivity index (χ2n) is 7.42. The van der Waals surface area contributed by atoms with Crippen LogP contribution in [0.5, 0.6) is 6.01 Å². The van der Waals surface area contributed by atoms with E-state index >= 15 is 0 Å². The number of nitrogens with zero attached hydrogens (tertiary/aromatic N) is 3. The number of ether oxygens (including phenoxy) is 2. The summed E-state index contributed by atoms with van der Waals surface area (Å²) in [5, 5.41) is 0. The number of hydrogen-bond acceptors (Lipinski definition) is 7. The van der Waals surface area contributed by atoms with Gasteiger partial charge in [-0.05, 0) is 25.8 Å². The molecule has 8 nitrogen and oxygen atoms in total. The first kappa shape index (κ1) is 17.7. The minimum absolute atomic E-state index is 0.0110. The molecule has 0 aliphatic carbocycles. The highest BCUT2D eigenvalue weighted by atomic mass is 32.2. The number of amides is 1. The molecule has 0 bridgehead atoms. The van der Waals surface area contributed by atoms with Gasteiger partial charge in [0.15, 0.2) is 9.84 Å². The standard InChI is InChI=1S/C17H23N3O5S/c1-12-2-5-18-16(19-12)25-9-14-4-7-26(22,23)17(14)10-20(11-17)15(21)13-3-6-24-8-13/h2,5,13-14H,3-4,6-11H2,1H3/t13-,14+/m0/s1. The summed E-state index contributed by atoms with van der Waals surface area (Å²) in [7, 11) is -3.25. The van der Waals surface area contributed by atoms with Gasteiger partial charge in [0.05, 0.1) is 24.9 Å². The fourth-order valence-electron chi connectivity index (χ4n) is 4.12. The zero-order valence-corrected chi connectivity index (χ0v) is 15.6. The molecule has 2 atom stereocenters. The molecule has 142 valence electrons. The van der Waals surface area contributed by atoms with Gasteiger partial charge in [-0.1, -0.05) is 0 Å². The van der Waals surface area contributed by atoms with Gasteiger partial charge in [0.1, 0.15) is 4.75 Å². The molecule has 3 aliphatic heterocycles. The number of hydrogen-bond donors (Lipinski definition) is 0. The Morgan fingerprint density at radius 1 is 1.42 bits per heavy atom. The Labute approximate surface area is 152 Å². The highest BCUT2D eigenvalue weighted by molar-refractivity contribution is 7.93. The Morgan fingerprint density at radius 2 is 2.23 bits per heavy atom. The van der Waals surface area contributed by atoms with E-state index in [2.05, 4.69) is 9.97 Å². The van der Waals surface area contributed by atoms with Crippen molar-refractivity contribution in [2.75, 3.05) is 38.7 Å². The van der Waals surface area contributed by atoms with E-state index in [-0.39, 0.29) is 49.2 Å². The van der Waals surface area contributed by atoms with Crippen molar-refractivity contribution in [2.24, 2.45) is 11.8 Å². The second-order valence-corrected chi connectivity index (χ2v) is 9.87. The van der Waals surface area contributed by atoms with Gasteiger partial charge in [-0.2, -0.15) is 0 Å². The Kier molecular flexibility index (Phi) is 4.38. The largest absolute Gasteiger partial charge is 0.463 e. The van der Waals surface area contributed by atoms with Crippen LogP contribution in [0.25, 0.3) is 0 Å². The third-order valence-electron chi connectivity index (χ3n) is 5.79. The molecular weight excluding hydrogens is 358 g/mol. The van der Waals surface area contributed by atoms with Gasteiger partial charge in [0.25, 0.3) is 0 Å². The summed E-state index contributed by atoms with van der Waals surface area (Å²) in [6.45, 7) is 3.64. The normalized spacial score (nSPS) is 28.9. The Bertz CT molecular complexity index is 800. The van der Waals surface area contributed by atoms with E-state index in [0.717, 1.165) is 5.69 Å². The summed E-state index contributed by atoms with van der Waals surface area (Å²) < 4.78 is 35.4. The minimum Gasteiger partial charge on any atom is -0.463 e. The summed E-state index contributed by atoms with van der Waals surface area (Å²) in [5.41, 5.74) is 0.794. The van der Waals surface area contributed by atoms with Crippen molar-refractivity contribution in [3.8, 4) is 6.01 Å². The maximum absolute atomic E-state index is 12.7. The smallest absolute Gasteiger partial charge is 0.316 e. The van der Waals surface area contributed by atoms with Gasteiger partial charge < -0.3 is 14.4 Å². The Morgan fingerprint density at radius 3 is 2.92 bits per heavy atom. The zero-order chi connectivity index (χ0) is 18.4. The van der Waals surface area contributed by atoms with E-state index in [0.29, 0.717) is 26.1 Å². The molecule has 0 saturated carbocycles. The number of rotatable bonds is 4. The number of likely N-dealkylation sites (tertiary alicyclic amines) is 1. The van der Waals surface area contributed by atoms with Crippen LogP contribution in [0.15, 0.2) is 12.3 Å². The molecule has 4 heterocycles. The quantitative estimate of drug-likeness (QED) is 0.735. The number of aryl methyl sites for hydroxylation is 1. The molecule has 26 heavy (non-hydrogen) atoms. The molecule has 1 spiro atoms. The topological polar surface area (TPSA) is 98.7 Å². The third-order valence-corrected chi connectivity index (χ3v) is 8.40. The second kappa shape index (κ2) is 6.45. The lowest BCUT2D eigenvalue weighted by Crippen LogP contribution is -2.69. The molecule has 0 aromatic carbocycles. The lowest BCUT2D eigenvalue weighted by atomic mass is 9.83. The minimum atomic E-state index is -3.25. The third kappa shape index (κ3) is 2.87. The fraction of sp³-hybridized carbons (Fsp3) is 0.706. The molecule has 1 amide bonds. The van der Waals surface area contributed by atoms with E-state index in [1.807, 2.05) is 6.92 Å². The van der Waals surface area contributed by atoms with Gasteiger partial charge in [-0.25, -0.2) is 18.4 Å². The summed E-state index contributed by atoms with van der Waals surface area (Å²) in [6, 6.07) is 2.04. The number of sulfone groups is 1. The maximum Gasteiger partial charge on any atom is 0.316 e. The summed E-state index contributed by atoms with van der Waals surface area (Å²) in [4.78, 5) is 22.4. The molecule has 1 aromatic heterocycles.